The summed E-state index contributed by atoms with van der Waals surface area (Å²) < 4.78 is 11.4. The van der Waals surface area contributed by atoms with Crippen LogP contribution >= 0.6 is 0 Å². The summed E-state index contributed by atoms with van der Waals surface area (Å²) in [5, 5.41) is 2.85. The molecule has 1 fully saturated rings. The van der Waals surface area contributed by atoms with E-state index in [1.54, 1.807) is 11.8 Å². The van der Waals surface area contributed by atoms with Crippen molar-refractivity contribution in [2.45, 2.75) is 51.5 Å². The molecule has 2 aliphatic rings. The predicted molar refractivity (Wildman–Crippen MR) is 117 cm³/mol. The monoisotopic (exact) mass is 420 g/mol. The predicted octanol–water partition coefficient (Wildman–Crippen LogP) is 4.17. The molecule has 2 aromatic rings. The fourth-order valence-corrected chi connectivity index (χ4v) is 4.37. The Hall–Kier alpha value is -3.12. The van der Waals surface area contributed by atoms with Crippen molar-refractivity contribution in [2.75, 3.05) is 6.61 Å². The molecule has 31 heavy (non-hydrogen) atoms. The molecule has 1 saturated heterocycles. The van der Waals surface area contributed by atoms with E-state index in [4.69, 9.17) is 9.47 Å². The van der Waals surface area contributed by atoms with E-state index < -0.39 is 0 Å². The van der Waals surface area contributed by atoms with Gasteiger partial charge in [0.25, 0.3) is 0 Å². The van der Waals surface area contributed by atoms with Gasteiger partial charge in [0, 0.05) is 18.3 Å². The minimum atomic E-state index is -0.364. The zero-order valence-corrected chi connectivity index (χ0v) is 17.8. The number of esters is 1. The molecule has 0 saturated carbocycles. The van der Waals surface area contributed by atoms with E-state index in [-0.39, 0.29) is 30.7 Å². The Morgan fingerprint density at radius 2 is 1.65 bits per heavy atom. The molecule has 0 bridgehead atoms. The highest BCUT2D eigenvalue weighted by atomic mass is 16.5. The summed E-state index contributed by atoms with van der Waals surface area (Å²) in [5.41, 5.74) is 3.21. The average Bonchev–Trinajstić information content (AvgIpc) is 3.21. The Kier molecular flexibility index (Phi) is 6.67. The van der Waals surface area contributed by atoms with Crippen LogP contribution in [0.3, 0.4) is 0 Å². The maximum Gasteiger partial charge on any atom is 0.338 e. The molecule has 162 valence electrons. The van der Waals surface area contributed by atoms with Crippen molar-refractivity contribution in [3.8, 4) is 0 Å². The zero-order chi connectivity index (χ0) is 21.6. The summed E-state index contributed by atoms with van der Waals surface area (Å²) >= 11 is 0. The molecule has 0 spiro atoms. The quantitative estimate of drug-likeness (QED) is 0.514. The summed E-state index contributed by atoms with van der Waals surface area (Å²) in [6.45, 7) is 3.10. The average molecular weight is 421 g/mol. The molecule has 2 aromatic carbocycles. The van der Waals surface area contributed by atoms with Crippen LogP contribution in [0.1, 0.15) is 37.3 Å². The topological polar surface area (TPSA) is 67.9 Å². The summed E-state index contributed by atoms with van der Waals surface area (Å²) in [5.74, 6) is -0.364. The normalized spacial score (nSPS) is 20.4. The van der Waals surface area contributed by atoms with Gasteiger partial charge in [0.05, 0.1) is 18.2 Å². The van der Waals surface area contributed by atoms with Gasteiger partial charge in [0.2, 0.25) is 0 Å². The van der Waals surface area contributed by atoms with Crippen molar-refractivity contribution < 1.29 is 19.1 Å². The van der Waals surface area contributed by atoms with Crippen LogP contribution in [0.15, 0.2) is 71.9 Å². The van der Waals surface area contributed by atoms with E-state index in [2.05, 4.69) is 5.32 Å². The summed E-state index contributed by atoms with van der Waals surface area (Å²) in [6.07, 6.45) is 2.33. The van der Waals surface area contributed by atoms with Gasteiger partial charge in [-0.05, 0) is 37.3 Å². The van der Waals surface area contributed by atoms with Crippen LogP contribution in [0.5, 0.6) is 0 Å². The molecule has 1 N–H and O–H groups in total. The van der Waals surface area contributed by atoms with Crippen molar-refractivity contribution in [3.63, 3.8) is 0 Å². The first-order valence-electron chi connectivity index (χ1n) is 10.8. The van der Waals surface area contributed by atoms with Crippen molar-refractivity contribution in [3.05, 3.63) is 83.1 Å². The molecule has 2 aliphatic heterocycles. The summed E-state index contributed by atoms with van der Waals surface area (Å²) in [6, 6.07) is 19.3. The standard InChI is InChI=1S/C25H28N2O4/c1-18-23(24(28)31-17-20-10-6-3-7-11-20)22-13-12-21(27(22)25(29)26-18)14-15-30-16-19-8-4-2-5-9-19/h2-11,21-22H,12-17H2,1H3,(H,26,29)/t21-,22-/m0/s1. The van der Waals surface area contributed by atoms with Crippen LogP contribution < -0.4 is 5.32 Å². The van der Waals surface area contributed by atoms with Gasteiger partial charge in [-0.2, -0.15) is 0 Å². The molecule has 2 atom stereocenters. The number of fused-ring (bicyclic) bond motifs is 1. The molecule has 0 radical (unpaired) electrons. The van der Waals surface area contributed by atoms with E-state index in [1.807, 2.05) is 60.7 Å². The summed E-state index contributed by atoms with van der Waals surface area (Å²) in [7, 11) is 0. The number of allylic oxidation sites excluding steroid dienone is 1. The Morgan fingerprint density at radius 3 is 2.32 bits per heavy atom. The minimum absolute atomic E-state index is 0.0470. The third kappa shape index (κ3) is 4.97. The van der Waals surface area contributed by atoms with E-state index in [9.17, 15) is 9.59 Å². The Labute approximate surface area is 182 Å². The highest BCUT2D eigenvalue weighted by molar-refractivity contribution is 5.95. The van der Waals surface area contributed by atoms with Gasteiger partial charge in [0.1, 0.15) is 6.61 Å². The molecule has 0 unspecified atom stereocenters. The van der Waals surface area contributed by atoms with Gasteiger partial charge in [0.15, 0.2) is 0 Å². The van der Waals surface area contributed by atoms with E-state index in [0.29, 0.717) is 24.5 Å². The molecule has 6 nitrogen and oxygen atoms in total. The second kappa shape index (κ2) is 9.79. The zero-order valence-electron chi connectivity index (χ0n) is 17.8. The number of rotatable bonds is 8. The number of ether oxygens (including phenoxy) is 2. The third-order valence-corrected chi connectivity index (χ3v) is 5.91. The van der Waals surface area contributed by atoms with Crippen molar-refractivity contribution in [2.24, 2.45) is 0 Å². The molecule has 4 rings (SSSR count). The van der Waals surface area contributed by atoms with Crippen LogP contribution in [0.25, 0.3) is 0 Å². The maximum absolute atomic E-state index is 12.9. The highest BCUT2D eigenvalue weighted by Gasteiger charge is 2.44. The minimum Gasteiger partial charge on any atom is -0.457 e. The molecule has 0 aromatic heterocycles. The number of hydrogen-bond donors (Lipinski definition) is 1. The van der Waals surface area contributed by atoms with E-state index in [1.165, 1.54) is 0 Å². The number of benzene rings is 2. The second-order valence-corrected chi connectivity index (χ2v) is 8.01. The van der Waals surface area contributed by atoms with Crippen molar-refractivity contribution in [1.29, 1.82) is 0 Å². The molecule has 2 heterocycles. The van der Waals surface area contributed by atoms with Gasteiger partial charge >= 0.3 is 12.0 Å². The first kappa shape index (κ1) is 21.1. The molecule has 2 amide bonds. The number of nitrogens with zero attached hydrogens (tertiary/aromatic N) is 1. The van der Waals surface area contributed by atoms with Crippen LogP contribution in [0.2, 0.25) is 0 Å². The first-order valence-corrected chi connectivity index (χ1v) is 10.8. The largest absolute Gasteiger partial charge is 0.457 e. The molecule has 0 aliphatic carbocycles. The molecular formula is C25H28N2O4. The molecule has 6 heteroatoms. The number of carbonyl (C=O) groups is 2. The third-order valence-electron chi connectivity index (χ3n) is 5.91. The number of nitrogens with one attached hydrogen (secondary N) is 1. The van der Waals surface area contributed by atoms with Crippen LogP contribution in [-0.4, -0.2) is 35.6 Å². The lowest BCUT2D eigenvalue weighted by Crippen LogP contribution is -2.53. The summed E-state index contributed by atoms with van der Waals surface area (Å²) in [4.78, 5) is 27.4. The van der Waals surface area contributed by atoms with Gasteiger partial charge in [-0.3, -0.25) is 0 Å². The highest BCUT2D eigenvalue weighted by Crippen LogP contribution is 2.35. The van der Waals surface area contributed by atoms with Gasteiger partial charge < -0.3 is 19.7 Å². The lowest BCUT2D eigenvalue weighted by atomic mass is 10.0. The van der Waals surface area contributed by atoms with Crippen LogP contribution in [-0.2, 0) is 27.5 Å². The van der Waals surface area contributed by atoms with Gasteiger partial charge in [-0.15, -0.1) is 0 Å². The number of urea groups is 1. The number of amides is 2. The van der Waals surface area contributed by atoms with E-state index in [0.717, 1.165) is 30.4 Å². The van der Waals surface area contributed by atoms with Crippen LogP contribution in [0.4, 0.5) is 4.79 Å². The van der Waals surface area contributed by atoms with E-state index >= 15 is 0 Å². The van der Waals surface area contributed by atoms with Crippen molar-refractivity contribution in [1.82, 2.24) is 10.2 Å². The second-order valence-electron chi connectivity index (χ2n) is 8.01. The lowest BCUT2D eigenvalue weighted by molar-refractivity contribution is -0.141. The fraction of sp³-hybridized carbons (Fsp3) is 0.360. The number of hydrogen-bond acceptors (Lipinski definition) is 4. The maximum atomic E-state index is 12.9. The number of carbonyl (C=O) groups excluding carboxylic acids is 2. The fourth-order valence-electron chi connectivity index (χ4n) is 4.37. The van der Waals surface area contributed by atoms with Crippen molar-refractivity contribution >= 4 is 12.0 Å². The van der Waals surface area contributed by atoms with Crippen LogP contribution in [0, 0.1) is 0 Å². The SMILES string of the molecule is CC1=C(C(=O)OCc2ccccc2)[C@@H]2CC[C@@H](CCOCc3ccccc3)N2C(=O)N1. The Morgan fingerprint density at radius 1 is 1.00 bits per heavy atom. The molecular weight excluding hydrogens is 392 g/mol. The van der Waals surface area contributed by atoms with Gasteiger partial charge in [-0.25, -0.2) is 9.59 Å². The smallest absolute Gasteiger partial charge is 0.338 e. The lowest BCUT2D eigenvalue weighted by Gasteiger charge is -2.36. The van der Waals surface area contributed by atoms with Gasteiger partial charge in [-0.1, -0.05) is 60.7 Å². The Balaban J connectivity index is 1.35. The first-order chi connectivity index (χ1) is 15.1. The Bertz CT molecular complexity index is 943.